The van der Waals surface area contributed by atoms with E-state index in [9.17, 15) is 9.59 Å². The molecule has 1 aromatic rings. The molecule has 1 rings (SSSR count). The molecule has 0 saturated carbocycles. The van der Waals surface area contributed by atoms with Crippen molar-refractivity contribution in [3.63, 3.8) is 0 Å². The Morgan fingerprint density at radius 2 is 1.17 bits per heavy atom. The fraction of sp³-hybridized carbons (Fsp3) is 0.704. The van der Waals surface area contributed by atoms with Gasteiger partial charge in [0.05, 0.1) is 13.0 Å². The molecule has 1 atom stereocenters. The summed E-state index contributed by atoms with van der Waals surface area (Å²) in [5, 5.41) is 0. The van der Waals surface area contributed by atoms with E-state index in [1.54, 1.807) is 31.4 Å². The van der Waals surface area contributed by atoms with Crippen LogP contribution in [0.15, 0.2) is 24.3 Å². The van der Waals surface area contributed by atoms with E-state index in [1.165, 1.54) is 84.0 Å². The van der Waals surface area contributed by atoms with Gasteiger partial charge in [0.1, 0.15) is 11.5 Å². The molecule has 1 unspecified atom stereocenters. The number of carbonyl (C=O) groups excluding carboxylic acids is 2. The molecule has 0 bridgehead atoms. The summed E-state index contributed by atoms with van der Waals surface area (Å²) in [5.41, 5.74) is 0.598. The maximum atomic E-state index is 12.7. The number of ether oxygens (including phenoxy) is 1. The molecule has 3 heteroatoms. The number of methoxy groups -OCH3 is 1. The van der Waals surface area contributed by atoms with Gasteiger partial charge in [0, 0.05) is 5.56 Å². The third-order valence-electron chi connectivity index (χ3n) is 6.03. The second kappa shape index (κ2) is 17.1. The lowest BCUT2D eigenvalue weighted by atomic mass is 9.89. The molecule has 3 nitrogen and oxygen atoms in total. The number of Topliss-reactive ketones (excluding diaryl/α,β-unsaturated/α-hetero) is 2. The summed E-state index contributed by atoms with van der Waals surface area (Å²) in [5.74, 6) is 0.138. The van der Waals surface area contributed by atoms with Crippen LogP contribution in [-0.2, 0) is 4.79 Å². The molecule has 30 heavy (non-hydrogen) atoms. The molecule has 0 aliphatic carbocycles. The van der Waals surface area contributed by atoms with E-state index >= 15 is 0 Å². The number of hydrogen-bond acceptors (Lipinski definition) is 3. The largest absolute Gasteiger partial charge is 0.497 e. The topological polar surface area (TPSA) is 43.4 Å². The van der Waals surface area contributed by atoms with Crippen molar-refractivity contribution in [2.24, 2.45) is 5.92 Å². The maximum absolute atomic E-state index is 12.7. The average Bonchev–Trinajstić information content (AvgIpc) is 2.76. The summed E-state index contributed by atoms with van der Waals surface area (Å²) in [6.45, 7) is 3.81. The van der Waals surface area contributed by atoms with Crippen molar-refractivity contribution in [1.29, 1.82) is 0 Å². The zero-order chi connectivity index (χ0) is 22.0. The predicted octanol–water partition coefficient (Wildman–Crippen LogP) is 7.95. The van der Waals surface area contributed by atoms with Crippen LogP contribution in [0.1, 0.15) is 121 Å². The van der Waals surface area contributed by atoms with Crippen LogP contribution in [0.5, 0.6) is 5.75 Å². The van der Waals surface area contributed by atoms with Gasteiger partial charge in [-0.3, -0.25) is 9.59 Å². The van der Waals surface area contributed by atoms with Crippen LogP contribution in [-0.4, -0.2) is 18.7 Å². The Hall–Kier alpha value is -1.64. The number of benzene rings is 1. The van der Waals surface area contributed by atoms with Crippen molar-refractivity contribution in [2.75, 3.05) is 7.11 Å². The number of carbonyl (C=O) groups is 2. The van der Waals surface area contributed by atoms with E-state index < -0.39 is 5.92 Å². The Kier molecular flexibility index (Phi) is 15.0. The average molecular weight is 417 g/mol. The molecule has 1 aromatic carbocycles. The van der Waals surface area contributed by atoms with Crippen LogP contribution in [0.4, 0.5) is 0 Å². The first-order valence-electron chi connectivity index (χ1n) is 12.3. The van der Waals surface area contributed by atoms with E-state index in [0.717, 1.165) is 18.6 Å². The summed E-state index contributed by atoms with van der Waals surface area (Å²) in [4.78, 5) is 24.7. The Labute approximate surface area is 185 Å². The minimum Gasteiger partial charge on any atom is -0.497 e. The fourth-order valence-corrected chi connectivity index (χ4v) is 4.02. The highest BCUT2D eigenvalue weighted by molar-refractivity contribution is 6.10. The number of rotatable bonds is 19. The lowest BCUT2D eigenvalue weighted by Crippen LogP contribution is -2.22. The SMILES string of the molecule is CCCCCCCCCCCCCCCCC(C(C)=O)C(=O)c1ccc(OC)cc1. The predicted molar refractivity (Wildman–Crippen MR) is 126 cm³/mol. The Balaban J connectivity index is 2.10. The van der Waals surface area contributed by atoms with E-state index in [2.05, 4.69) is 6.92 Å². The van der Waals surface area contributed by atoms with Crippen molar-refractivity contribution >= 4 is 11.6 Å². The van der Waals surface area contributed by atoms with Gasteiger partial charge in [-0.2, -0.15) is 0 Å². The first-order chi connectivity index (χ1) is 14.6. The molecule has 0 radical (unpaired) electrons. The highest BCUT2D eigenvalue weighted by Gasteiger charge is 2.23. The molecule has 0 aliphatic rings. The Morgan fingerprint density at radius 3 is 1.57 bits per heavy atom. The molecule has 0 heterocycles. The van der Waals surface area contributed by atoms with Gasteiger partial charge in [0.2, 0.25) is 0 Å². The lowest BCUT2D eigenvalue weighted by Gasteiger charge is -2.13. The van der Waals surface area contributed by atoms with Gasteiger partial charge in [0.25, 0.3) is 0 Å². The van der Waals surface area contributed by atoms with Gasteiger partial charge in [-0.25, -0.2) is 0 Å². The van der Waals surface area contributed by atoms with E-state index in [4.69, 9.17) is 4.74 Å². The molecule has 0 amide bonds. The van der Waals surface area contributed by atoms with E-state index in [0.29, 0.717) is 12.0 Å². The summed E-state index contributed by atoms with van der Waals surface area (Å²) in [6.07, 6.45) is 19.0. The van der Waals surface area contributed by atoms with Crippen LogP contribution in [0.2, 0.25) is 0 Å². The summed E-state index contributed by atoms with van der Waals surface area (Å²) in [6, 6.07) is 7.05. The summed E-state index contributed by atoms with van der Waals surface area (Å²) >= 11 is 0. The second-order valence-corrected chi connectivity index (χ2v) is 8.64. The fourth-order valence-electron chi connectivity index (χ4n) is 4.02. The van der Waals surface area contributed by atoms with Crippen molar-refractivity contribution in [2.45, 2.75) is 110 Å². The highest BCUT2D eigenvalue weighted by Crippen LogP contribution is 2.20. The number of ketones is 2. The van der Waals surface area contributed by atoms with Crippen molar-refractivity contribution in [3.05, 3.63) is 29.8 Å². The van der Waals surface area contributed by atoms with Gasteiger partial charge >= 0.3 is 0 Å². The summed E-state index contributed by atoms with van der Waals surface area (Å²) in [7, 11) is 1.60. The highest BCUT2D eigenvalue weighted by atomic mass is 16.5. The molecule has 0 saturated heterocycles. The second-order valence-electron chi connectivity index (χ2n) is 8.64. The number of hydrogen-bond donors (Lipinski definition) is 0. The third-order valence-corrected chi connectivity index (χ3v) is 6.03. The molecule has 0 spiro atoms. The monoisotopic (exact) mass is 416 g/mol. The molecule has 0 aliphatic heterocycles. The van der Waals surface area contributed by atoms with E-state index in [-0.39, 0.29) is 11.6 Å². The van der Waals surface area contributed by atoms with Gasteiger partial charge in [-0.05, 0) is 37.6 Å². The number of unbranched alkanes of at least 4 members (excludes halogenated alkanes) is 13. The van der Waals surface area contributed by atoms with Crippen molar-refractivity contribution in [1.82, 2.24) is 0 Å². The van der Waals surface area contributed by atoms with Gasteiger partial charge in [-0.15, -0.1) is 0 Å². The molecule has 0 fully saturated rings. The van der Waals surface area contributed by atoms with Crippen LogP contribution in [0.3, 0.4) is 0 Å². The van der Waals surface area contributed by atoms with Crippen LogP contribution in [0.25, 0.3) is 0 Å². The van der Waals surface area contributed by atoms with Crippen LogP contribution < -0.4 is 4.74 Å². The normalized spacial score (nSPS) is 12.0. The van der Waals surface area contributed by atoms with Gasteiger partial charge < -0.3 is 4.74 Å². The first-order valence-corrected chi connectivity index (χ1v) is 12.3. The van der Waals surface area contributed by atoms with Crippen LogP contribution >= 0.6 is 0 Å². The van der Waals surface area contributed by atoms with Crippen molar-refractivity contribution in [3.8, 4) is 5.75 Å². The lowest BCUT2D eigenvalue weighted by molar-refractivity contribution is -0.119. The minimum atomic E-state index is -0.504. The summed E-state index contributed by atoms with van der Waals surface area (Å²) < 4.78 is 5.14. The van der Waals surface area contributed by atoms with Crippen LogP contribution in [0, 0.1) is 5.92 Å². The molecule has 0 N–H and O–H groups in total. The minimum absolute atomic E-state index is 0.0227. The zero-order valence-corrected chi connectivity index (χ0v) is 19.7. The molecule has 0 aromatic heterocycles. The van der Waals surface area contributed by atoms with Gasteiger partial charge in [0.15, 0.2) is 5.78 Å². The van der Waals surface area contributed by atoms with Gasteiger partial charge in [-0.1, -0.05) is 96.8 Å². The third kappa shape index (κ3) is 11.5. The smallest absolute Gasteiger partial charge is 0.173 e. The first kappa shape index (κ1) is 26.4. The zero-order valence-electron chi connectivity index (χ0n) is 19.7. The maximum Gasteiger partial charge on any atom is 0.173 e. The Bertz CT molecular complexity index is 576. The Morgan fingerprint density at radius 1 is 0.733 bits per heavy atom. The molecular weight excluding hydrogens is 372 g/mol. The molecule has 170 valence electrons. The molecular formula is C27H44O3. The van der Waals surface area contributed by atoms with Crippen molar-refractivity contribution < 1.29 is 14.3 Å². The standard InChI is InChI=1S/C27H44O3/c1-4-5-6-7-8-9-10-11-12-13-14-15-16-17-18-26(23(2)28)27(29)24-19-21-25(30-3)22-20-24/h19-22,26H,4-18H2,1-3H3. The quantitative estimate of drug-likeness (QED) is 0.130. The van der Waals surface area contributed by atoms with E-state index in [1.807, 2.05) is 0 Å².